The molecule has 1 unspecified atom stereocenters. The Kier molecular flexibility index (Phi) is 4.93. The van der Waals surface area contributed by atoms with Gasteiger partial charge in [0, 0.05) is 25.0 Å². The number of nitrogens with two attached hydrogens (primary N) is 1. The lowest BCUT2D eigenvalue weighted by Crippen LogP contribution is -2.14. The third-order valence-electron chi connectivity index (χ3n) is 3.52. The first-order chi connectivity index (χ1) is 9.65. The summed E-state index contributed by atoms with van der Waals surface area (Å²) in [7, 11) is 1.68. The Morgan fingerprint density at radius 3 is 2.60 bits per heavy atom. The molecule has 0 spiro atoms. The van der Waals surface area contributed by atoms with Crippen LogP contribution in [-0.4, -0.2) is 23.7 Å². The van der Waals surface area contributed by atoms with Gasteiger partial charge in [-0.25, -0.2) is 4.98 Å². The summed E-state index contributed by atoms with van der Waals surface area (Å²) >= 11 is 0. The second kappa shape index (κ2) is 6.68. The summed E-state index contributed by atoms with van der Waals surface area (Å²) < 4.78 is 5.06. The molecule has 0 amide bonds. The molecule has 4 heteroatoms. The smallest absolute Gasteiger partial charge is 0.124 e. The maximum Gasteiger partial charge on any atom is 0.124 e. The molecule has 20 heavy (non-hydrogen) atoms. The molecular weight excluding hydrogens is 250 g/mol. The van der Waals surface area contributed by atoms with E-state index in [0.717, 1.165) is 35.6 Å². The van der Waals surface area contributed by atoms with Gasteiger partial charge in [0.2, 0.25) is 0 Å². The van der Waals surface area contributed by atoms with Crippen molar-refractivity contribution < 1.29 is 4.74 Å². The summed E-state index contributed by atoms with van der Waals surface area (Å²) in [6, 6.07) is 8.42. The number of hydrogen-bond acceptors (Lipinski definition) is 3. The fraction of sp³-hybridized carbons (Fsp3) is 0.438. The van der Waals surface area contributed by atoms with Gasteiger partial charge in [-0.15, -0.1) is 0 Å². The Morgan fingerprint density at radius 1 is 1.30 bits per heavy atom. The molecule has 108 valence electrons. The topological polar surface area (TPSA) is 63.9 Å². The van der Waals surface area contributed by atoms with Crippen LogP contribution >= 0.6 is 0 Å². The lowest BCUT2D eigenvalue weighted by atomic mass is 10.1. The van der Waals surface area contributed by atoms with Crippen molar-refractivity contribution in [1.82, 2.24) is 9.97 Å². The highest BCUT2D eigenvalue weighted by atomic mass is 16.5. The highest BCUT2D eigenvalue weighted by molar-refractivity contribution is 5.62. The van der Waals surface area contributed by atoms with E-state index >= 15 is 0 Å². The number of rotatable bonds is 6. The summed E-state index contributed by atoms with van der Waals surface area (Å²) in [5, 5.41) is 0. The minimum atomic E-state index is -0.114. The summed E-state index contributed by atoms with van der Waals surface area (Å²) in [4.78, 5) is 7.94. The number of aromatic amines is 1. The van der Waals surface area contributed by atoms with Gasteiger partial charge in [-0.05, 0) is 25.3 Å². The Balaban J connectivity index is 2.21. The van der Waals surface area contributed by atoms with E-state index in [-0.39, 0.29) is 6.04 Å². The number of benzene rings is 1. The molecule has 0 radical (unpaired) electrons. The monoisotopic (exact) mass is 273 g/mol. The van der Waals surface area contributed by atoms with Crippen molar-refractivity contribution in [3.05, 3.63) is 41.3 Å². The minimum Gasteiger partial charge on any atom is -0.385 e. The number of H-pyrrole nitrogens is 1. The number of ether oxygens (including phenoxy) is 1. The summed E-state index contributed by atoms with van der Waals surface area (Å²) in [5.74, 6) is 0.828. The van der Waals surface area contributed by atoms with Crippen molar-refractivity contribution in [2.45, 2.75) is 32.7 Å². The van der Waals surface area contributed by atoms with Gasteiger partial charge in [0.15, 0.2) is 0 Å². The van der Waals surface area contributed by atoms with Gasteiger partial charge in [0.05, 0.1) is 11.7 Å². The van der Waals surface area contributed by atoms with Crippen LogP contribution in [0.1, 0.15) is 36.5 Å². The molecule has 2 aromatic rings. The quantitative estimate of drug-likeness (QED) is 0.850. The number of methoxy groups -OCH3 is 1. The van der Waals surface area contributed by atoms with Gasteiger partial charge >= 0.3 is 0 Å². The molecule has 4 nitrogen and oxygen atoms in total. The van der Waals surface area contributed by atoms with E-state index in [2.05, 4.69) is 41.2 Å². The zero-order chi connectivity index (χ0) is 14.5. The van der Waals surface area contributed by atoms with Crippen LogP contribution in [0.25, 0.3) is 11.3 Å². The van der Waals surface area contributed by atoms with Crippen molar-refractivity contribution in [3.63, 3.8) is 0 Å². The molecule has 2 rings (SSSR count). The van der Waals surface area contributed by atoms with Crippen LogP contribution in [0.2, 0.25) is 0 Å². The minimum absolute atomic E-state index is 0.114. The van der Waals surface area contributed by atoms with Crippen molar-refractivity contribution in [2.75, 3.05) is 13.7 Å². The first-order valence-electron chi connectivity index (χ1n) is 7.06. The second-order valence-electron chi connectivity index (χ2n) is 5.03. The zero-order valence-corrected chi connectivity index (χ0v) is 12.4. The molecule has 0 aliphatic rings. The van der Waals surface area contributed by atoms with Crippen molar-refractivity contribution in [2.24, 2.45) is 5.73 Å². The van der Waals surface area contributed by atoms with Crippen LogP contribution < -0.4 is 5.73 Å². The van der Waals surface area contributed by atoms with Gasteiger partial charge in [0.25, 0.3) is 0 Å². The summed E-state index contributed by atoms with van der Waals surface area (Å²) in [6.45, 7) is 4.83. The Morgan fingerprint density at radius 2 is 2.00 bits per heavy atom. The van der Waals surface area contributed by atoms with Gasteiger partial charge in [-0.1, -0.05) is 31.2 Å². The van der Waals surface area contributed by atoms with Crippen LogP contribution in [0, 0.1) is 6.92 Å². The van der Waals surface area contributed by atoms with Crippen molar-refractivity contribution in [1.29, 1.82) is 0 Å². The van der Waals surface area contributed by atoms with Crippen LogP contribution in [-0.2, 0) is 11.2 Å². The number of nitrogens with zero attached hydrogens (tertiary/aromatic N) is 1. The van der Waals surface area contributed by atoms with Gasteiger partial charge in [-0.2, -0.15) is 0 Å². The lowest BCUT2D eigenvalue weighted by molar-refractivity contribution is 0.187. The van der Waals surface area contributed by atoms with Crippen LogP contribution in [0.15, 0.2) is 24.3 Å². The molecule has 0 saturated heterocycles. The van der Waals surface area contributed by atoms with Gasteiger partial charge in [0.1, 0.15) is 5.82 Å². The molecule has 0 aliphatic heterocycles. The highest BCUT2D eigenvalue weighted by Crippen LogP contribution is 2.24. The molecule has 0 aliphatic carbocycles. The molecule has 1 aromatic heterocycles. The second-order valence-corrected chi connectivity index (χ2v) is 5.03. The van der Waals surface area contributed by atoms with E-state index in [9.17, 15) is 0 Å². The molecule has 0 bridgehead atoms. The van der Waals surface area contributed by atoms with E-state index in [0.29, 0.717) is 6.61 Å². The number of hydrogen-bond donors (Lipinski definition) is 2. The fourth-order valence-electron chi connectivity index (χ4n) is 2.22. The number of aromatic nitrogens is 2. The molecular formula is C16H23N3O. The molecule has 1 atom stereocenters. The number of aryl methyl sites for hydroxylation is 2. The third-order valence-corrected chi connectivity index (χ3v) is 3.52. The Labute approximate surface area is 120 Å². The largest absolute Gasteiger partial charge is 0.385 e. The average molecular weight is 273 g/mol. The summed E-state index contributed by atoms with van der Waals surface area (Å²) in [5.41, 5.74) is 10.6. The molecule has 0 saturated carbocycles. The van der Waals surface area contributed by atoms with Crippen LogP contribution in [0.3, 0.4) is 0 Å². The molecule has 3 N–H and O–H groups in total. The van der Waals surface area contributed by atoms with Gasteiger partial charge in [-0.3, -0.25) is 0 Å². The maximum atomic E-state index is 6.11. The molecule has 1 aromatic carbocycles. The van der Waals surface area contributed by atoms with E-state index in [1.807, 2.05) is 6.92 Å². The predicted octanol–water partition coefficient (Wildman–Crippen LogP) is 2.98. The Hall–Kier alpha value is -1.65. The summed E-state index contributed by atoms with van der Waals surface area (Å²) in [6.07, 6.45) is 1.81. The van der Waals surface area contributed by atoms with E-state index < -0.39 is 0 Å². The normalized spacial score (nSPS) is 12.6. The number of nitrogens with one attached hydrogen (secondary N) is 1. The van der Waals surface area contributed by atoms with Crippen LogP contribution in [0.4, 0.5) is 0 Å². The lowest BCUT2D eigenvalue weighted by Gasteiger charge is -2.07. The van der Waals surface area contributed by atoms with E-state index in [4.69, 9.17) is 10.5 Å². The highest BCUT2D eigenvalue weighted by Gasteiger charge is 2.14. The first-order valence-corrected chi connectivity index (χ1v) is 7.06. The van der Waals surface area contributed by atoms with E-state index in [1.54, 1.807) is 7.11 Å². The number of imidazole rings is 1. The molecule has 0 fully saturated rings. The third kappa shape index (κ3) is 3.26. The Bertz CT molecular complexity index is 545. The van der Waals surface area contributed by atoms with Gasteiger partial charge < -0.3 is 15.5 Å². The van der Waals surface area contributed by atoms with Crippen LogP contribution in [0.5, 0.6) is 0 Å². The van der Waals surface area contributed by atoms with Crippen molar-refractivity contribution in [3.8, 4) is 11.3 Å². The fourth-order valence-corrected chi connectivity index (χ4v) is 2.22. The zero-order valence-electron chi connectivity index (χ0n) is 12.4. The van der Waals surface area contributed by atoms with E-state index in [1.165, 1.54) is 5.56 Å². The maximum absolute atomic E-state index is 6.11. The molecule has 1 heterocycles. The van der Waals surface area contributed by atoms with Crippen molar-refractivity contribution >= 4 is 0 Å². The predicted molar refractivity (Wildman–Crippen MR) is 81.6 cm³/mol. The SMILES string of the molecule is CCc1ccc(-c2nc(C(N)CCOC)[nH]c2C)cc1. The standard InChI is InChI=1S/C16H23N3O/c1-4-12-5-7-13(8-6-12)15-11(2)18-16(19-15)14(17)9-10-20-3/h5-8,14H,4,9-10,17H2,1-3H3,(H,18,19). The average Bonchev–Trinajstić information content (AvgIpc) is 2.87. The first kappa shape index (κ1) is 14.8.